The molecule has 1 aliphatic rings. The number of H-pyrrole nitrogens is 1. The van der Waals surface area contributed by atoms with Crippen LogP contribution in [-0.4, -0.2) is 47.0 Å². The summed E-state index contributed by atoms with van der Waals surface area (Å²) in [4.78, 5) is 34.7. The second-order valence-electron chi connectivity index (χ2n) is 4.91. The summed E-state index contributed by atoms with van der Waals surface area (Å²) >= 11 is 0. The first-order chi connectivity index (χ1) is 10.2. The van der Waals surface area contributed by atoms with E-state index >= 15 is 0 Å². The van der Waals surface area contributed by atoms with Crippen LogP contribution in [0.4, 0.5) is 5.82 Å². The first kappa shape index (κ1) is 13.4. The maximum absolute atomic E-state index is 12.3. The Kier molecular flexibility index (Phi) is 3.68. The summed E-state index contributed by atoms with van der Waals surface area (Å²) in [6, 6.07) is 8.54. The van der Waals surface area contributed by atoms with E-state index in [4.69, 9.17) is 0 Å². The fourth-order valence-corrected chi connectivity index (χ4v) is 2.42. The summed E-state index contributed by atoms with van der Waals surface area (Å²) < 4.78 is 0. The van der Waals surface area contributed by atoms with Crippen LogP contribution in [0.2, 0.25) is 0 Å². The number of hydrogen-bond acceptors (Lipinski definition) is 4. The number of carbonyl (C=O) groups excluding carboxylic acids is 1. The highest BCUT2D eigenvalue weighted by atomic mass is 16.2. The monoisotopic (exact) mass is 284 g/mol. The average Bonchev–Trinajstić information content (AvgIpc) is 2.55. The van der Waals surface area contributed by atoms with Crippen molar-refractivity contribution in [1.29, 1.82) is 0 Å². The van der Waals surface area contributed by atoms with Gasteiger partial charge in [0.2, 0.25) is 0 Å². The maximum Gasteiger partial charge on any atom is 0.270 e. The first-order valence-electron chi connectivity index (χ1n) is 6.88. The van der Waals surface area contributed by atoms with Gasteiger partial charge in [-0.25, -0.2) is 4.98 Å². The van der Waals surface area contributed by atoms with Crippen LogP contribution in [0.3, 0.4) is 0 Å². The van der Waals surface area contributed by atoms with E-state index in [0.717, 1.165) is 18.9 Å². The van der Waals surface area contributed by atoms with Gasteiger partial charge in [-0.05, 0) is 12.1 Å². The topological polar surface area (TPSA) is 69.3 Å². The van der Waals surface area contributed by atoms with Gasteiger partial charge in [0.25, 0.3) is 5.91 Å². The molecule has 0 unspecified atom stereocenters. The van der Waals surface area contributed by atoms with E-state index in [-0.39, 0.29) is 11.3 Å². The van der Waals surface area contributed by atoms with Crippen LogP contribution in [0.15, 0.2) is 47.5 Å². The predicted octanol–water partition coefficient (Wildman–Crippen LogP) is 0.732. The number of pyridine rings is 2. The van der Waals surface area contributed by atoms with Crippen molar-refractivity contribution in [2.45, 2.75) is 0 Å². The van der Waals surface area contributed by atoms with Gasteiger partial charge in [0.05, 0.1) is 0 Å². The predicted molar refractivity (Wildman–Crippen MR) is 79.4 cm³/mol. The maximum atomic E-state index is 12.3. The van der Waals surface area contributed by atoms with E-state index in [0.29, 0.717) is 18.8 Å². The van der Waals surface area contributed by atoms with E-state index < -0.39 is 0 Å². The number of aromatic amines is 1. The molecule has 21 heavy (non-hydrogen) atoms. The van der Waals surface area contributed by atoms with Gasteiger partial charge in [-0.1, -0.05) is 6.07 Å². The fourth-order valence-electron chi connectivity index (χ4n) is 2.42. The van der Waals surface area contributed by atoms with Crippen LogP contribution in [0, 0.1) is 0 Å². The molecule has 1 N–H and O–H groups in total. The summed E-state index contributed by atoms with van der Waals surface area (Å²) in [5.74, 6) is 0.797. The standard InChI is InChI=1S/C15H16N4O2/c20-12-4-6-16-13(11-12)15(21)19-9-7-18(8-10-19)14-3-1-2-5-17-14/h1-6,11H,7-10H2,(H,16,20). The molecule has 1 fully saturated rings. The van der Waals surface area contributed by atoms with Crippen molar-refractivity contribution in [3.8, 4) is 0 Å². The summed E-state index contributed by atoms with van der Waals surface area (Å²) in [6.07, 6.45) is 3.27. The molecule has 0 aromatic carbocycles. The van der Waals surface area contributed by atoms with E-state index in [1.807, 2.05) is 18.2 Å². The van der Waals surface area contributed by atoms with Gasteiger partial charge in [-0.2, -0.15) is 0 Å². The second-order valence-corrected chi connectivity index (χ2v) is 4.91. The van der Waals surface area contributed by atoms with Gasteiger partial charge >= 0.3 is 0 Å². The van der Waals surface area contributed by atoms with Crippen LogP contribution >= 0.6 is 0 Å². The molecular weight excluding hydrogens is 268 g/mol. The molecule has 2 aromatic rings. The van der Waals surface area contributed by atoms with Crippen LogP contribution < -0.4 is 10.3 Å². The summed E-state index contributed by atoms with van der Waals surface area (Å²) in [6.45, 7) is 2.71. The Hall–Kier alpha value is -2.63. The Bertz CT molecular complexity index is 675. The van der Waals surface area contributed by atoms with E-state index in [2.05, 4.69) is 14.9 Å². The molecule has 0 radical (unpaired) electrons. The molecular formula is C15H16N4O2. The molecule has 1 saturated heterocycles. The average molecular weight is 284 g/mol. The number of aromatic nitrogens is 2. The lowest BCUT2D eigenvalue weighted by atomic mass is 10.2. The normalized spacial score (nSPS) is 15.0. The van der Waals surface area contributed by atoms with Crippen molar-refractivity contribution in [2.75, 3.05) is 31.1 Å². The lowest BCUT2D eigenvalue weighted by molar-refractivity contribution is 0.0740. The second kappa shape index (κ2) is 5.78. The molecule has 6 heteroatoms. The zero-order chi connectivity index (χ0) is 14.7. The van der Waals surface area contributed by atoms with Crippen molar-refractivity contribution < 1.29 is 4.79 Å². The van der Waals surface area contributed by atoms with Gasteiger partial charge in [0.1, 0.15) is 11.5 Å². The van der Waals surface area contributed by atoms with Crippen LogP contribution in [0.25, 0.3) is 0 Å². The van der Waals surface area contributed by atoms with Crippen molar-refractivity contribution >= 4 is 11.7 Å². The van der Waals surface area contributed by atoms with E-state index in [1.165, 1.54) is 18.3 Å². The highest BCUT2D eigenvalue weighted by Gasteiger charge is 2.23. The quantitative estimate of drug-likeness (QED) is 0.883. The summed E-state index contributed by atoms with van der Waals surface area (Å²) in [5, 5.41) is 0. The Morgan fingerprint density at radius 3 is 2.62 bits per heavy atom. The molecule has 108 valence electrons. The van der Waals surface area contributed by atoms with Crippen LogP contribution in [0.5, 0.6) is 0 Å². The molecule has 0 atom stereocenters. The molecule has 0 bridgehead atoms. The number of carbonyl (C=O) groups is 1. The molecule has 3 rings (SSSR count). The van der Waals surface area contributed by atoms with Crippen LogP contribution in [-0.2, 0) is 0 Å². The molecule has 1 amide bonds. The number of nitrogens with zero attached hydrogens (tertiary/aromatic N) is 3. The minimum atomic E-state index is -0.163. The lowest BCUT2D eigenvalue weighted by Crippen LogP contribution is -2.49. The third-order valence-corrected chi connectivity index (χ3v) is 3.54. The molecule has 1 aliphatic heterocycles. The number of nitrogens with one attached hydrogen (secondary N) is 1. The molecule has 2 aromatic heterocycles. The highest BCUT2D eigenvalue weighted by Crippen LogP contribution is 2.13. The number of rotatable bonds is 2. The SMILES string of the molecule is O=C(c1cc(=O)cc[nH]1)N1CCN(c2ccccn2)CC1. The van der Waals surface area contributed by atoms with Crippen molar-refractivity contribution in [2.24, 2.45) is 0 Å². The fraction of sp³-hybridized carbons (Fsp3) is 0.267. The molecule has 0 spiro atoms. The number of anilines is 1. The van der Waals surface area contributed by atoms with Gasteiger partial charge in [0.15, 0.2) is 5.43 Å². The number of amides is 1. The van der Waals surface area contributed by atoms with E-state index in [9.17, 15) is 9.59 Å². The number of piperazine rings is 1. The number of hydrogen-bond donors (Lipinski definition) is 1. The Morgan fingerprint density at radius 2 is 1.95 bits per heavy atom. The van der Waals surface area contributed by atoms with Crippen molar-refractivity contribution in [3.63, 3.8) is 0 Å². The lowest BCUT2D eigenvalue weighted by Gasteiger charge is -2.35. The smallest absolute Gasteiger partial charge is 0.270 e. The Balaban J connectivity index is 1.66. The largest absolute Gasteiger partial charge is 0.357 e. The Morgan fingerprint density at radius 1 is 1.14 bits per heavy atom. The third kappa shape index (κ3) is 2.94. The highest BCUT2D eigenvalue weighted by molar-refractivity contribution is 5.92. The Labute approximate surface area is 122 Å². The van der Waals surface area contributed by atoms with Gasteiger partial charge in [-0.3, -0.25) is 9.59 Å². The zero-order valence-corrected chi connectivity index (χ0v) is 11.5. The third-order valence-electron chi connectivity index (χ3n) is 3.54. The molecule has 0 saturated carbocycles. The van der Waals surface area contributed by atoms with Gasteiger partial charge in [-0.15, -0.1) is 0 Å². The van der Waals surface area contributed by atoms with Crippen LogP contribution in [0.1, 0.15) is 10.5 Å². The molecule has 6 nitrogen and oxygen atoms in total. The van der Waals surface area contributed by atoms with Crippen molar-refractivity contribution in [3.05, 3.63) is 58.6 Å². The van der Waals surface area contributed by atoms with E-state index in [1.54, 1.807) is 11.1 Å². The van der Waals surface area contributed by atoms with Gasteiger partial charge in [0, 0.05) is 50.7 Å². The van der Waals surface area contributed by atoms with Gasteiger partial charge < -0.3 is 14.8 Å². The minimum absolute atomic E-state index is 0.131. The summed E-state index contributed by atoms with van der Waals surface area (Å²) in [5.41, 5.74) is 0.179. The molecule has 0 aliphatic carbocycles. The zero-order valence-electron chi connectivity index (χ0n) is 11.5. The molecule has 3 heterocycles. The summed E-state index contributed by atoms with van der Waals surface area (Å²) in [7, 11) is 0. The minimum Gasteiger partial charge on any atom is -0.357 e. The van der Waals surface area contributed by atoms with Crippen molar-refractivity contribution in [1.82, 2.24) is 14.9 Å². The first-order valence-corrected chi connectivity index (χ1v) is 6.88.